The number of benzene rings is 2. The molecular weight excluding hydrogens is 322 g/mol. The van der Waals surface area contributed by atoms with Gasteiger partial charge in [-0.15, -0.1) is 0 Å². The maximum Gasteiger partial charge on any atom is 0.259 e. The van der Waals surface area contributed by atoms with Crippen LogP contribution in [0.25, 0.3) is 10.9 Å². The average molecular weight is 339 g/mol. The molecule has 0 saturated carbocycles. The minimum absolute atomic E-state index is 0.135. The molecule has 1 amide bonds. The Kier molecular flexibility index (Phi) is 4.66. The molecule has 0 aliphatic heterocycles. The number of fused-ring (bicyclic) bond motifs is 1. The van der Waals surface area contributed by atoms with Gasteiger partial charge in [-0.1, -0.05) is 36.0 Å². The SMILES string of the molecule is Cc1ccc(C)c(NC(=O)CSc2nc3ccccc3c(=O)[nH]2)c1. The van der Waals surface area contributed by atoms with Gasteiger partial charge in [0.25, 0.3) is 5.56 Å². The smallest absolute Gasteiger partial charge is 0.259 e. The van der Waals surface area contributed by atoms with Crippen molar-refractivity contribution in [3.05, 3.63) is 63.9 Å². The molecule has 0 bridgehead atoms. The van der Waals surface area contributed by atoms with Gasteiger partial charge in [-0.05, 0) is 43.2 Å². The van der Waals surface area contributed by atoms with Crippen molar-refractivity contribution in [2.45, 2.75) is 19.0 Å². The summed E-state index contributed by atoms with van der Waals surface area (Å²) in [4.78, 5) is 31.2. The van der Waals surface area contributed by atoms with Crippen LogP contribution in [0.4, 0.5) is 5.69 Å². The molecule has 2 N–H and O–H groups in total. The molecule has 0 spiro atoms. The number of aromatic nitrogens is 2. The largest absolute Gasteiger partial charge is 0.325 e. The number of H-pyrrole nitrogens is 1. The Balaban J connectivity index is 1.70. The van der Waals surface area contributed by atoms with Gasteiger partial charge < -0.3 is 10.3 Å². The summed E-state index contributed by atoms with van der Waals surface area (Å²) in [5.74, 6) is 0.0405. The van der Waals surface area contributed by atoms with Crippen LogP contribution in [0.15, 0.2) is 52.4 Å². The lowest BCUT2D eigenvalue weighted by atomic mass is 10.1. The summed E-state index contributed by atoms with van der Waals surface area (Å²) in [5, 5.41) is 3.88. The van der Waals surface area contributed by atoms with Crippen molar-refractivity contribution in [3.63, 3.8) is 0 Å². The van der Waals surface area contributed by atoms with Crippen molar-refractivity contribution >= 4 is 34.3 Å². The molecule has 6 heteroatoms. The van der Waals surface area contributed by atoms with E-state index < -0.39 is 0 Å². The molecule has 24 heavy (non-hydrogen) atoms. The lowest BCUT2D eigenvalue weighted by Crippen LogP contribution is -2.16. The monoisotopic (exact) mass is 339 g/mol. The highest BCUT2D eigenvalue weighted by Crippen LogP contribution is 2.18. The maximum absolute atomic E-state index is 12.1. The molecule has 0 fully saturated rings. The highest BCUT2D eigenvalue weighted by atomic mass is 32.2. The molecule has 0 aliphatic carbocycles. The van der Waals surface area contributed by atoms with Crippen LogP contribution in [0, 0.1) is 13.8 Å². The van der Waals surface area contributed by atoms with Crippen molar-refractivity contribution in [2.75, 3.05) is 11.1 Å². The number of carbonyl (C=O) groups is 1. The molecule has 1 aromatic heterocycles. The van der Waals surface area contributed by atoms with E-state index in [4.69, 9.17) is 0 Å². The van der Waals surface area contributed by atoms with Crippen LogP contribution in [0.2, 0.25) is 0 Å². The van der Waals surface area contributed by atoms with Crippen molar-refractivity contribution in [1.82, 2.24) is 9.97 Å². The fourth-order valence-electron chi connectivity index (χ4n) is 2.32. The molecule has 122 valence electrons. The first-order valence-electron chi connectivity index (χ1n) is 7.52. The molecule has 5 nitrogen and oxygen atoms in total. The summed E-state index contributed by atoms with van der Waals surface area (Å²) in [6.07, 6.45) is 0. The zero-order valence-corrected chi connectivity index (χ0v) is 14.2. The van der Waals surface area contributed by atoms with Crippen molar-refractivity contribution < 1.29 is 4.79 Å². The number of amides is 1. The molecule has 3 rings (SSSR count). The summed E-state index contributed by atoms with van der Waals surface area (Å²) in [6, 6.07) is 13.0. The fraction of sp³-hybridized carbons (Fsp3) is 0.167. The lowest BCUT2D eigenvalue weighted by Gasteiger charge is -2.09. The third kappa shape index (κ3) is 3.65. The second kappa shape index (κ2) is 6.88. The highest BCUT2D eigenvalue weighted by Gasteiger charge is 2.09. The summed E-state index contributed by atoms with van der Waals surface area (Å²) in [7, 11) is 0. The summed E-state index contributed by atoms with van der Waals surface area (Å²) < 4.78 is 0. The number of carbonyl (C=O) groups excluding carboxylic acids is 1. The second-order valence-electron chi connectivity index (χ2n) is 5.54. The number of aryl methyl sites for hydroxylation is 2. The third-order valence-electron chi connectivity index (χ3n) is 3.60. The van der Waals surface area contributed by atoms with Gasteiger partial charge in [0, 0.05) is 5.69 Å². The van der Waals surface area contributed by atoms with Crippen LogP contribution in [0.1, 0.15) is 11.1 Å². The number of para-hydroxylation sites is 1. The van der Waals surface area contributed by atoms with Gasteiger partial charge in [-0.3, -0.25) is 9.59 Å². The Bertz CT molecular complexity index is 966. The van der Waals surface area contributed by atoms with Gasteiger partial charge in [0.05, 0.1) is 16.7 Å². The predicted octanol–water partition coefficient (Wildman–Crippen LogP) is 3.27. The number of hydrogen-bond acceptors (Lipinski definition) is 4. The predicted molar refractivity (Wildman–Crippen MR) is 97.6 cm³/mol. The molecule has 0 atom stereocenters. The molecule has 0 radical (unpaired) electrons. The Labute approximate surface area is 143 Å². The quantitative estimate of drug-likeness (QED) is 0.565. The number of nitrogens with one attached hydrogen (secondary N) is 2. The van der Waals surface area contributed by atoms with E-state index in [1.807, 2.05) is 38.1 Å². The molecule has 2 aromatic carbocycles. The van der Waals surface area contributed by atoms with E-state index in [0.29, 0.717) is 16.1 Å². The average Bonchev–Trinajstić information content (AvgIpc) is 2.56. The molecule has 0 unspecified atom stereocenters. The fourth-order valence-corrected chi connectivity index (χ4v) is 2.99. The first-order chi connectivity index (χ1) is 11.5. The zero-order valence-electron chi connectivity index (χ0n) is 13.4. The molecule has 1 heterocycles. The van der Waals surface area contributed by atoms with Gasteiger partial charge in [-0.25, -0.2) is 4.98 Å². The molecule has 3 aromatic rings. The minimum atomic E-state index is -0.196. The van der Waals surface area contributed by atoms with Gasteiger partial charge in [0.15, 0.2) is 5.16 Å². The second-order valence-corrected chi connectivity index (χ2v) is 6.51. The van der Waals surface area contributed by atoms with Gasteiger partial charge in [0.1, 0.15) is 0 Å². The van der Waals surface area contributed by atoms with Crippen LogP contribution >= 0.6 is 11.8 Å². The van der Waals surface area contributed by atoms with E-state index in [-0.39, 0.29) is 17.2 Å². The Hall–Kier alpha value is -2.60. The van der Waals surface area contributed by atoms with Crippen molar-refractivity contribution in [3.8, 4) is 0 Å². The normalized spacial score (nSPS) is 10.8. The first-order valence-corrected chi connectivity index (χ1v) is 8.50. The number of anilines is 1. The van der Waals surface area contributed by atoms with Crippen LogP contribution < -0.4 is 10.9 Å². The van der Waals surface area contributed by atoms with Gasteiger partial charge in [0.2, 0.25) is 5.91 Å². The van der Waals surface area contributed by atoms with E-state index in [0.717, 1.165) is 16.8 Å². The minimum Gasteiger partial charge on any atom is -0.325 e. The first kappa shape index (κ1) is 16.3. The molecule has 0 saturated heterocycles. The van der Waals surface area contributed by atoms with E-state index in [1.165, 1.54) is 11.8 Å². The Morgan fingerprint density at radius 1 is 1.21 bits per heavy atom. The Morgan fingerprint density at radius 2 is 2.00 bits per heavy atom. The topological polar surface area (TPSA) is 74.8 Å². The lowest BCUT2D eigenvalue weighted by molar-refractivity contribution is -0.113. The van der Waals surface area contributed by atoms with Gasteiger partial charge in [-0.2, -0.15) is 0 Å². The Morgan fingerprint density at radius 3 is 2.83 bits per heavy atom. The van der Waals surface area contributed by atoms with Crippen molar-refractivity contribution in [2.24, 2.45) is 0 Å². The summed E-state index contributed by atoms with van der Waals surface area (Å²) >= 11 is 1.21. The molecule has 0 aliphatic rings. The van der Waals surface area contributed by atoms with Crippen LogP contribution in [0.5, 0.6) is 0 Å². The number of nitrogens with zero attached hydrogens (tertiary/aromatic N) is 1. The highest BCUT2D eigenvalue weighted by molar-refractivity contribution is 7.99. The number of aromatic amines is 1. The van der Waals surface area contributed by atoms with E-state index in [1.54, 1.807) is 18.2 Å². The maximum atomic E-state index is 12.1. The molecular formula is C18H17N3O2S. The number of hydrogen-bond donors (Lipinski definition) is 2. The van der Waals surface area contributed by atoms with E-state index in [9.17, 15) is 9.59 Å². The van der Waals surface area contributed by atoms with Gasteiger partial charge >= 0.3 is 0 Å². The summed E-state index contributed by atoms with van der Waals surface area (Å²) in [6.45, 7) is 3.93. The van der Waals surface area contributed by atoms with E-state index >= 15 is 0 Å². The van der Waals surface area contributed by atoms with E-state index in [2.05, 4.69) is 15.3 Å². The van der Waals surface area contributed by atoms with Crippen LogP contribution in [0.3, 0.4) is 0 Å². The standard InChI is InChI=1S/C18H17N3O2S/c1-11-7-8-12(2)15(9-11)19-16(22)10-24-18-20-14-6-4-3-5-13(14)17(23)21-18/h3-9H,10H2,1-2H3,(H,19,22)(H,20,21,23). The van der Waals surface area contributed by atoms with Crippen LogP contribution in [-0.2, 0) is 4.79 Å². The third-order valence-corrected chi connectivity index (χ3v) is 4.47. The number of thioether (sulfide) groups is 1. The zero-order chi connectivity index (χ0) is 17.1. The summed E-state index contributed by atoms with van der Waals surface area (Å²) in [5.41, 5.74) is 3.33. The number of rotatable bonds is 4. The van der Waals surface area contributed by atoms with Crippen molar-refractivity contribution in [1.29, 1.82) is 0 Å². The van der Waals surface area contributed by atoms with Crippen LogP contribution in [-0.4, -0.2) is 21.6 Å².